The fourth-order valence-corrected chi connectivity index (χ4v) is 8.24. The number of phosphoric acid groups is 3. The van der Waals surface area contributed by atoms with Gasteiger partial charge in [-0.15, -0.1) is 11.6 Å². The van der Waals surface area contributed by atoms with Crippen molar-refractivity contribution in [3.63, 3.8) is 0 Å². The molecule has 1 aliphatic heterocycles. The minimum atomic E-state index is -5.57. The Kier molecular flexibility index (Phi) is 16.3. The van der Waals surface area contributed by atoms with E-state index in [9.17, 15) is 57.9 Å². The number of aliphatic hydroxyl groups is 2. The van der Waals surface area contributed by atoms with Crippen LogP contribution in [-0.2, 0) is 50.7 Å². The quantitative estimate of drug-likeness (QED) is 0.0425. The van der Waals surface area contributed by atoms with Gasteiger partial charge < -0.3 is 50.9 Å². The van der Waals surface area contributed by atoms with E-state index in [2.05, 4.69) is 34.4 Å². The average Bonchev–Trinajstić information content (AvgIpc) is 3.61. The molecule has 29 heteroatoms. The fraction of sp³-hybridized carbons (Fsp3) is 0.667. The van der Waals surface area contributed by atoms with Crippen LogP contribution in [0.5, 0.6) is 0 Å². The first kappa shape index (κ1) is 45.2. The van der Waals surface area contributed by atoms with E-state index in [1.54, 1.807) is 0 Å². The molecule has 2 aromatic rings. The summed E-state index contributed by atoms with van der Waals surface area (Å²) < 4.78 is 61.9. The number of imidazole rings is 1. The highest BCUT2D eigenvalue weighted by molar-refractivity contribution is 8.13. The van der Waals surface area contributed by atoms with Crippen molar-refractivity contribution in [3.05, 3.63) is 12.7 Å². The average molecular weight is 858 g/mol. The molecule has 0 spiro atoms. The molecule has 2 aromatic heterocycles. The predicted octanol–water partition coefficient (Wildman–Crippen LogP) is -0.706. The van der Waals surface area contributed by atoms with Crippen LogP contribution in [0.1, 0.15) is 32.9 Å². The Labute approximate surface area is 309 Å². The zero-order valence-electron chi connectivity index (χ0n) is 27.9. The maximum atomic E-state index is 12.6. The van der Waals surface area contributed by atoms with Crippen molar-refractivity contribution in [2.45, 2.75) is 57.3 Å². The zero-order chi connectivity index (χ0) is 39.8. The Morgan fingerprint density at radius 3 is 2.42 bits per heavy atom. The maximum Gasteiger partial charge on any atom is 0.481 e. The summed E-state index contributed by atoms with van der Waals surface area (Å²) in [6.45, 7) is 0.451. The lowest BCUT2D eigenvalue weighted by molar-refractivity contribution is -0.137. The minimum absolute atomic E-state index is 0.0287. The first-order valence-electron chi connectivity index (χ1n) is 15.2. The number of alkyl halides is 1. The van der Waals surface area contributed by atoms with Crippen LogP contribution in [0, 0.1) is 5.41 Å². The predicted molar refractivity (Wildman–Crippen MR) is 182 cm³/mol. The molecule has 10 N–H and O–H groups in total. The van der Waals surface area contributed by atoms with Crippen LogP contribution in [0.25, 0.3) is 11.2 Å². The minimum Gasteiger partial charge on any atom is -0.386 e. The van der Waals surface area contributed by atoms with Crippen molar-refractivity contribution in [3.8, 4) is 0 Å². The number of nitrogens with zero attached hydrogens (tertiary/aromatic N) is 4. The van der Waals surface area contributed by atoms with Crippen molar-refractivity contribution < 1.29 is 80.5 Å². The highest BCUT2D eigenvalue weighted by Gasteiger charge is 2.50. The lowest BCUT2D eigenvalue weighted by atomic mass is 9.87. The second kappa shape index (κ2) is 19.1. The highest BCUT2D eigenvalue weighted by Crippen LogP contribution is 2.61. The number of ether oxygens (including phenoxy) is 1. The third-order valence-electron chi connectivity index (χ3n) is 7.06. The molecule has 2 unspecified atom stereocenters. The number of nitrogens with two attached hydrogens (primary N) is 1. The van der Waals surface area contributed by atoms with Crippen molar-refractivity contribution in [1.82, 2.24) is 30.2 Å². The summed E-state index contributed by atoms with van der Waals surface area (Å²) in [7, 11) is -16.4. The van der Waals surface area contributed by atoms with Gasteiger partial charge in [0.15, 0.2) is 22.8 Å². The normalized spacial score (nSPS) is 22.2. The maximum absolute atomic E-state index is 12.6. The van der Waals surface area contributed by atoms with Gasteiger partial charge in [-0.3, -0.25) is 32.5 Å². The van der Waals surface area contributed by atoms with Gasteiger partial charge in [-0.2, -0.15) is 4.31 Å². The van der Waals surface area contributed by atoms with Crippen LogP contribution in [-0.4, -0.2) is 129 Å². The summed E-state index contributed by atoms with van der Waals surface area (Å²) in [6.07, 6.45) is -6.73. The molecule has 300 valence electrons. The zero-order valence-corrected chi connectivity index (χ0v) is 32.1. The van der Waals surface area contributed by atoms with Crippen LogP contribution >= 0.6 is 46.8 Å². The number of amides is 2. The number of carbonyl (C=O) groups excluding carboxylic acids is 3. The van der Waals surface area contributed by atoms with E-state index in [1.165, 1.54) is 13.8 Å². The van der Waals surface area contributed by atoms with Crippen molar-refractivity contribution in [2.75, 3.05) is 43.7 Å². The number of aromatic nitrogens is 4. The number of nitrogens with one attached hydrogen (secondary N) is 2. The number of rotatable bonds is 21. The third kappa shape index (κ3) is 13.8. The van der Waals surface area contributed by atoms with Crippen molar-refractivity contribution >= 4 is 80.7 Å². The number of fused-ring (bicyclic) bond motifs is 1. The molecule has 1 saturated heterocycles. The first-order chi connectivity index (χ1) is 24.6. The summed E-state index contributed by atoms with van der Waals surface area (Å²) in [5.41, 5.74) is 4.25. The summed E-state index contributed by atoms with van der Waals surface area (Å²) in [5, 5.41) is 26.1. The Bertz CT molecular complexity index is 1750. The van der Waals surface area contributed by atoms with Crippen LogP contribution in [0.4, 0.5) is 5.82 Å². The molecular weight excluding hydrogens is 819 g/mol. The Balaban J connectivity index is 1.52. The van der Waals surface area contributed by atoms with E-state index >= 15 is 0 Å². The van der Waals surface area contributed by atoms with Gasteiger partial charge in [-0.05, 0) is 0 Å². The van der Waals surface area contributed by atoms with Crippen LogP contribution in [0.3, 0.4) is 0 Å². The van der Waals surface area contributed by atoms with Crippen molar-refractivity contribution in [1.29, 1.82) is 0 Å². The standard InChI is InChI=1S/C24H39ClN7O17P3S/c1-24(2,19(36)22(37)28-6-4-14(33)27-7-8-53-15(34)3-5-25)10-46-52(43,44)49-51(41,42)45-9-13-18(48-50(38,39)40)17(35)23(47-13)32-12-31-16-20(26)29-11-30-21(16)32/h11-13,17-19,23,35-36H,3-10H2,1-2H3,(H,27,33)(H,28,37)(H,41,42)(H,43,44)(H2,26,29,30)(H2,38,39,40)/t13-,17-,18-,19+,23-/m1/s1. The molecule has 0 saturated carbocycles. The number of nitrogen functional groups attached to an aromatic ring is 1. The largest absolute Gasteiger partial charge is 0.481 e. The smallest absolute Gasteiger partial charge is 0.386 e. The van der Waals surface area contributed by atoms with E-state index < -0.39 is 84.6 Å². The lowest BCUT2D eigenvalue weighted by Gasteiger charge is -2.30. The van der Waals surface area contributed by atoms with E-state index in [1.807, 2.05) is 0 Å². The SMILES string of the molecule is CC(C)(COP(=O)(O)OP(=O)(O)OC[C@H]1O[C@@H](n2cnc3c(N)ncnc32)[C@H](O)[C@@H]1OP(=O)(O)O)[C@@H](O)C(=O)NCCC(=O)NCCSC(=O)CCCl. The molecule has 0 bridgehead atoms. The molecule has 1 aliphatic rings. The summed E-state index contributed by atoms with van der Waals surface area (Å²) in [5.74, 6) is -0.964. The Hall–Kier alpha value is -2.15. The molecule has 24 nitrogen and oxygen atoms in total. The van der Waals surface area contributed by atoms with Crippen LogP contribution in [0.2, 0.25) is 0 Å². The number of anilines is 1. The van der Waals surface area contributed by atoms with Gasteiger partial charge in [-0.25, -0.2) is 28.6 Å². The van der Waals surface area contributed by atoms with E-state index in [0.717, 1.165) is 29.0 Å². The molecule has 3 rings (SSSR count). The van der Waals surface area contributed by atoms with E-state index in [-0.39, 0.29) is 53.9 Å². The number of carbonyl (C=O) groups is 3. The number of hydrogen-bond donors (Lipinski definition) is 9. The summed E-state index contributed by atoms with van der Waals surface area (Å²) >= 11 is 6.49. The van der Waals surface area contributed by atoms with Gasteiger partial charge in [0.05, 0.1) is 19.5 Å². The van der Waals surface area contributed by atoms with Crippen LogP contribution in [0.15, 0.2) is 12.7 Å². The topological polar surface area (TPSA) is 364 Å². The second-order valence-corrected chi connectivity index (χ2v) is 17.5. The van der Waals surface area contributed by atoms with Gasteiger partial charge in [0.1, 0.15) is 36.3 Å². The van der Waals surface area contributed by atoms with E-state index in [4.69, 9.17) is 31.1 Å². The first-order valence-corrected chi connectivity index (χ1v) is 21.2. The molecule has 0 aliphatic carbocycles. The Morgan fingerprint density at radius 1 is 1.08 bits per heavy atom. The molecule has 7 atom stereocenters. The number of phosphoric ester groups is 3. The molecule has 0 radical (unpaired) electrons. The van der Waals surface area contributed by atoms with Gasteiger partial charge in [0.2, 0.25) is 11.8 Å². The lowest BCUT2D eigenvalue weighted by Crippen LogP contribution is -2.46. The van der Waals surface area contributed by atoms with Crippen molar-refractivity contribution in [2.24, 2.45) is 5.41 Å². The molecule has 2 amide bonds. The molecule has 53 heavy (non-hydrogen) atoms. The molecule has 0 aromatic carbocycles. The number of halogens is 1. The fourth-order valence-electron chi connectivity index (χ4n) is 4.44. The molecular formula is C24H39ClN7O17P3S. The molecule has 1 fully saturated rings. The number of aliphatic hydroxyl groups excluding tert-OH is 2. The number of thioether (sulfide) groups is 1. The number of hydrogen-bond acceptors (Lipinski definition) is 18. The Morgan fingerprint density at radius 2 is 1.75 bits per heavy atom. The van der Waals surface area contributed by atoms with Gasteiger partial charge in [0.25, 0.3) is 0 Å². The monoisotopic (exact) mass is 857 g/mol. The summed E-state index contributed by atoms with van der Waals surface area (Å²) in [4.78, 5) is 86.7. The summed E-state index contributed by atoms with van der Waals surface area (Å²) in [6, 6.07) is 0. The van der Waals surface area contributed by atoms with E-state index in [0.29, 0.717) is 5.75 Å². The third-order valence-corrected chi connectivity index (χ3v) is 11.3. The van der Waals surface area contributed by atoms with Gasteiger partial charge in [-0.1, -0.05) is 25.6 Å². The highest BCUT2D eigenvalue weighted by atomic mass is 35.5. The van der Waals surface area contributed by atoms with Gasteiger partial charge in [0, 0.05) is 43.0 Å². The molecule has 3 heterocycles. The second-order valence-electron chi connectivity index (χ2n) is 11.7. The van der Waals surface area contributed by atoms with Gasteiger partial charge >= 0.3 is 23.5 Å². The van der Waals surface area contributed by atoms with Crippen LogP contribution < -0.4 is 16.4 Å².